The highest BCUT2D eigenvalue weighted by atomic mass is 32.1. The first kappa shape index (κ1) is 49.0. The molecule has 0 unspecified atom stereocenters. The number of carbonyl (C=O) groups is 3. The molecule has 4 N–H and O–H groups in total. The summed E-state index contributed by atoms with van der Waals surface area (Å²) >= 11 is 1.57. The van der Waals surface area contributed by atoms with E-state index in [0.29, 0.717) is 45.3 Å². The standard InChI is InChI=1S/C49H60N8O9S/c1-32-45(67-31-52-32)35-7-5-33(6-8-35)27-51-47(60)42-26-38(58)28-57(42)48(61)46(49(2,3)4)53-43(59)30-66-24-23-65-22-21-64-20-19-63-18-17-56-29-40(44(54-56)34-13-15-50-16-14-34)37-9-11-39-36(25-37)10-12-41(39)55-62/h5-9,11,13-16,25,29,31,38,42,46,58,62H,10,12,17-24,26-28,30H2,1-4H3,(H,51,60)(H,53,59)/b55-41+/t38-,42+,46-/m1/s1. The molecule has 5 aromatic rings. The average molecular weight is 937 g/mol. The number of likely N-dealkylation sites (tertiary alicyclic amines) is 1. The van der Waals surface area contributed by atoms with E-state index in [2.05, 4.69) is 31.8 Å². The molecular weight excluding hydrogens is 877 g/mol. The molecule has 3 atom stereocenters. The van der Waals surface area contributed by atoms with Crippen molar-refractivity contribution in [1.82, 2.24) is 35.3 Å². The largest absolute Gasteiger partial charge is 0.411 e. The third-order valence-corrected chi connectivity index (χ3v) is 12.7. The van der Waals surface area contributed by atoms with Gasteiger partial charge >= 0.3 is 0 Å². The lowest BCUT2D eigenvalue weighted by molar-refractivity contribution is -0.144. The van der Waals surface area contributed by atoms with Gasteiger partial charge in [-0.05, 0) is 59.6 Å². The second-order valence-corrected chi connectivity index (χ2v) is 18.5. The Kier molecular flexibility index (Phi) is 17.0. The molecule has 2 aromatic carbocycles. The van der Waals surface area contributed by atoms with Gasteiger partial charge < -0.3 is 44.8 Å². The Morgan fingerprint density at radius 2 is 1.57 bits per heavy atom. The summed E-state index contributed by atoms with van der Waals surface area (Å²) in [5.41, 5.74) is 10.7. The minimum absolute atomic E-state index is 0.0164. The van der Waals surface area contributed by atoms with E-state index in [-0.39, 0.29) is 45.2 Å². The lowest BCUT2D eigenvalue weighted by Crippen LogP contribution is -2.58. The number of oxime groups is 1. The van der Waals surface area contributed by atoms with Crippen LogP contribution < -0.4 is 10.6 Å². The van der Waals surface area contributed by atoms with Crippen LogP contribution in [0.25, 0.3) is 32.8 Å². The molecule has 2 aliphatic rings. The molecule has 1 saturated heterocycles. The fourth-order valence-electron chi connectivity index (χ4n) is 8.18. The van der Waals surface area contributed by atoms with Gasteiger partial charge in [-0.2, -0.15) is 5.10 Å². The van der Waals surface area contributed by atoms with Gasteiger partial charge in [0, 0.05) is 54.8 Å². The van der Waals surface area contributed by atoms with Crippen LogP contribution in [0.5, 0.6) is 0 Å². The fourth-order valence-corrected chi connectivity index (χ4v) is 8.99. The van der Waals surface area contributed by atoms with Gasteiger partial charge in [0.25, 0.3) is 0 Å². The van der Waals surface area contributed by atoms with E-state index in [1.807, 2.05) is 92.6 Å². The molecule has 1 aliphatic heterocycles. The number of aromatic nitrogens is 4. The number of nitrogens with zero attached hydrogens (tertiary/aromatic N) is 6. The quantitative estimate of drug-likeness (QED) is 0.0409. The van der Waals surface area contributed by atoms with Gasteiger partial charge in [-0.15, -0.1) is 11.3 Å². The molecule has 1 fully saturated rings. The average Bonchev–Trinajstić information content (AvgIpc) is 4.14. The lowest BCUT2D eigenvalue weighted by Gasteiger charge is -2.35. The van der Waals surface area contributed by atoms with Crippen LogP contribution in [-0.2, 0) is 52.8 Å². The zero-order valence-electron chi connectivity index (χ0n) is 38.5. The van der Waals surface area contributed by atoms with Crippen molar-refractivity contribution in [3.63, 3.8) is 0 Å². The lowest BCUT2D eigenvalue weighted by atomic mass is 9.85. The second-order valence-electron chi connectivity index (χ2n) is 17.6. The van der Waals surface area contributed by atoms with E-state index in [1.165, 1.54) is 4.90 Å². The Bertz CT molecular complexity index is 2470. The molecule has 67 heavy (non-hydrogen) atoms. The van der Waals surface area contributed by atoms with Gasteiger partial charge in [-0.3, -0.25) is 24.0 Å². The smallest absolute Gasteiger partial charge is 0.246 e. The van der Waals surface area contributed by atoms with E-state index < -0.39 is 35.4 Å². The number of fused-ring (bicyclic) bond motifs is 1. The molecule has 7 rings (SSSR count). The number of amides is 3. The number of β-amino-alcohol motifs (C(OH)–C–C–N with tert-alkyl or cyclic N) is 1. The Morgan fingerprint density at radius 1 is 0.881 bits per heavy atom. The van der Waals surface area contributed by atoms with E-state index in [4.69, 9.17) is 24.0 Å². The minimum atomic E-state index is -0.965. The van der Waals surface area contributed by atoms with Gasteiger partial charge in [-0.25, -0.2) is 4.98 Å². The maximum Gasteiger partial charge on any atom is 0.246 e. The maximum atomic E-state index is 13.9. The first-order valence-electron chi connectivity index (χ1n) is 22.6. The molecule has 3 amide bonds. The topological polar surface area (TPSA) is 212 Å². The predicted molar refractivity (Wildman–Crippen MR) is 252 cm³/mol. The molecule has 0 radical (unpaired) electrons. The van der Waals surface area contributed by atoms with Crippen molar-refractivity contribution in [3.8, 4) is 32.8 Å². The van der Waals surface area contributed by atoms with Gasteiger partial charge in [0.2, 0.25) is 17.7 Å². The summed E-state index contributed by atoms with van der Waals surface area (Å²) in [6.45, 7) is 10.3. The predicted octanol–water partition coefficient (Wildman–Crippen LogP) is 5.04. The van der Waals surface area contributed by atoms with Crippen LogP contribution in [-0.4, -0.2) is 136 Å². The molecule has 17 nitrogen and oxygen atoms in total. The van der Waals surface area contributed by atoms with Crippen LogP contribution >= 0.6 is 11.3 Å². The normalized spacial score (nSPS) is 16.9. The van der Waals surface area contributed by atoms with Gasteiger partial charge in [-0.1, -0.05) is 68.4 Å². The molecule has 0 bridgehead atoms. The van der Waals surface area contributed by atoms with E-state index >= 15 is 0 Å². The second kappa shape index (κ2) is 23.2. The Hall–Kier alpha value is -5.89. The van der Waals surface area contributed by atoms with Crippen molar-refractivity contribution in [2.24, 2.45) is 10.6 Å². The molecule has 1 aliphatic carbocycles. The monoisotopic (exact) mass is 936 g/mol. The van der Waals surface area contributed by atoms with Crippen molar-refractivity contribution in [2.75, 3.05) is 59.4 Å². The number of thiazole rings is 1. The van der Waals surface area contributed by atoms with Crippen molar-refractivity contribution in [1.29, 1.82) is 0 Å². The number of aliphatic hydroxyl groups is 1. The molecule has 356 valence electrons. The highest BCUT2D eigenvalue weighted by Crippen LogP contribution is 2.34. The van der Waals surface area contributed by atoms with E-state index in [9.17, 15) is 24.7 Å². The maximum absolute atomic E-state index is 13.9. The minimum Gasteiger partial charge on any atom is -0.411 e. The van der Waals surface area contributed by atoms with Gasteiger partial charge in [0.15, 0.2) is 0 Å². The number of benzene rings is 2. The highest BCUT2D eigenvalue weighted by molar-refractivity contribution is 7.13. The third kappa shape index (κ3) is 13.0. The summed E-state index contributed by atoms with van der Waals surface area (Å²) in [4.78, 5) is 51.3. The van der Waals surface area contributed by atoms with Crippen molar-refractivity contribution in [3.05, 3.63) is 101 Å². The molecule has 0 saturated carbocycles. The van der Waals surface area contributed by atoms with Crippen LogP contribution in [0.1, 0.15) is 56.0 Å². The fraction of sp³-hybridized carbons (Fsp3) is 0.449. The Morgan fingerprint density at radius 3 is 2.24 bits per heavy atom. The van der Waals surface area contributed by atoms with Crippen LogP contribution in [0.15, 0.2) is 83.9 Å². The number of ether oxygens (including phenoxy) is 4. The number of pyridine rings is 1. The van der Waals surface area contributed by atoms with E-state index in [0.717, 1.165) is 68.1 Å². The summed E-state index contributed by atoms with van der Waals surface area (Å²) in [6, 6.07) is 16.1. The number of hydrogen-bond donors (Lipinski definition) is 4. The van der Waals surface area contributed by atoms with Crippen molar-refractivity contribution >= 4 is 34.8 Å². The van der Waals surface area contributed by atoms with Crippen molar-refractivity contribution < 1.29 is 43.6 Å². The number of carbonyl (C=O) groups excluding carboxylic acids is 3. The van der Waals surface area contributed by atoms with Crippen LogP contribution in [0.4, 0.5) is 0 Å². The van der Waals surface area contributed by atoms with E-state index in [1.54, 1.807) is 23.7 Å². The molecular formula is C49H60N8O9S. The van der Waals surface area contributed by atoms with Gasteiger partial charge in [0.05, 0.1) is 80.7 Å². The molecule has 18 heteroatoms. The summed E-state index contributed by atoms with van der Waals surface area (Å²) < 4.78 is 24.5. The Balaban J connectivity index is 0.765. The zero-order valence-corrected chi connectivity index (χ0v) is 39.3. The summed E-state index contributed by atoms with van der Waals surface area (Å²) in [6.07, 6.45) is 6.30. The third-order valence-electron chi connectivity index (χ3n) is 11.7. The summed E-state index contributed by atoms with van der Waals surface area (Å²) in [7, 11) is 0. The number of aliphatic hydroxyl groups excluding tert-OH is 1. The highest BCUT2D eigenvalue weighted by Gasteiger charge is 2.44. The number of hydrogen-bond acceptors (Lipinski definition) is 14. The molecule has 0 spiro atoms. The summed E-state index contributed by atoms with van der Waals surface area (Å²) in [5.74, 6) is -1.30. The molecule has 4 heterocycles. The first-order chi connectivity index (χ1) is 32.4. The Labute approximate surface area is 394 Å². The van der Waals surface area contributed by atoms with Crippen molar-refractivity contribution in [2.45, 2.75) is 78.2 Å². The van der Waals surface area contributed by atoms with Crippen LogP contribution in [0.3, 0.4) is 0 Å². The summed E-state index contributed by atoms with van der Waals surface area (Å²) in [5, 5.41) is 34.0. The first-order valence-corrected chi connectivity index (χ1v) is 23.5. The van der Waals surface area contributed by atoms with Gasteiger partial charge in [0.1, 0.15) is 24.4 Å². The van der Waals surface area contributed by atoms with Crippen LogP contribution in [0, 0.1) is 12.3 Å². The molecule has 3 aromatic heterocycles. The number of rotatable bonds is 22. The van der Waals surface area contributed by atoms with Crippen LogP contribution in [0.2, 0.25) is 0 Å². The zero-order chi connectivity index (χ0) is 47.3. The number of nitrogens with one attached hydrogen (secondary N) is 2. The number of aryl methyl sites for hydroxylation is 2. The SMILES string of the molecule is Cc1ncsc1-c1ccc(CNC(=O)[C@@H]2C[C@@H](O)CN2C(=O)[C@@H](NC(=O)COCCOCCOCCOCCn2cc(-c3ccc4c(c3)CC/C4=N\O)c(-c3ccncc3)n2)C(C)(C)C)cc1.